The molecule has 13 nitrogen and oxygen atoms in total. The third-order valence-corrected chi connectivity index (χ3v) is 10.6. The van der Waals surface area contributed by atoms with Crippen LogP contribution in [0.25, 0.3) is 5.69 Å². The minimum absolute atomic E-state index is 0.0197. The highest BCUT2D eigenvalue weighted by atomic mass is 19.1. The van der Waals surface area contributed by atoms with Crippen LogP contribution in [-0.2, 0) is 26.4 Å². The zero-order chi connectivity index (χ0) is 37.8. The molecule has 2 aliphatic heterocycles. The van der Waals surface area contributed by atoms with Gasteiger partial charge in [-0.15, -0.1) is 0 Å². The van der Waals surface area contributed by atoms with E-state index in [0.717, 1.165) is 49.4 Å². The van der Waals surface area contributed by atoms with E-state index in [1.54, 1.807) is 17.9 Å². The van der Waals surface area contributed by atoms with E-state index in [1.165, 1.54) is 41.1 Å². The Balaban J connectivity index is 0.921. The van der Waals surface area contributed by atoms with Crippen LogP contribution in [0.15, 0.2) is 90.5 Å². The highest BCUT2D eigenvalue weighted by Crippen LogP contribution is 2.42. The third kappa shape index (κ3) is 7.58. The molecule has 0 radical (unpaired) electrons. The van der Waals surface area contributed by atoms with Gasteiger partial charge in [-0.3, -0.25) is 4.79 Å². The second-order valence-electron chi connectivity index (χ2n) is 13.9. The number of hydrogen-bond donors (Lipinski definition) is 0. The first-order valence-corrected chi connectivity index (χ1v) is 18.2. The normalized spacial score (nSPS) is 19.8. The van der Waals surface area contributed by atoms with Crippen LogP contribution in [0.5, 0.6) is 5.75 Å². The van der Waals surface area contributed by atoms with Crippen LogP contribution in [-0.4, -0.2) is 81.6 Å². The van der Waals surface area contributed by atoms with E-state index in [0.29, 0.717) is 37.3 Å². The van der Waals surface area contributed by atoms with E-state index in [4.69, 9.17) is 14.2 Å². The van der Waals surface area contributed by atoms with E-state index in [-0.39, 0.29) is 24.1 Å². The zero-order valence-corrected chi connectivity index (χ0v) is 30.6. The van der Waals surface area contributed by atoms with Crippen molar-refractivity contribution >= 4 is 17.3 Å². The Hall–Kier alpha value is -5.57. The van der Waals surface area contributed by atoms with E-state index < -0.39 is 29.2 Å². The van der Waals surface area contributed by atoms with Gasteiger partial charge >= 0.3 is 11.7 Å². The number of esters is 1. The van der Waals surface area contributed by atoms with E-state index >= 15 is 0 Å². The Morgan fingerprint density at radius 2 is 1.61 bits per heavy atom. The van der Waals surface area contributed by atoms with Crippen LogP contribution in [0, 0.1) is 23.5 Å². The van der Waals surface area contributed by atoms with Gasteiger partial charge in [0.1, 0.15) is 42.0 Å². The highest BCUT2D eigenvalue weighted by molar-refractivity contribution is 5.72. The number of ether oxygens (including phenoxy) is 3. The Morgan fingerprint density at radius 3 is 2.22 bits per heavy atom. The second kappa shape index (κ2) is 15.8. The number of piperazine rings is 1. The first kappa shape index (κ1) is 36.8. The molecule has 0 aliphatic carbocycles. The maximum Gasteiger partial charge on any atom is 0.350 e. The number of halogens is 2. The van der Waals surface area contributed by atoms with Crippen LogP contribution in [0.3, 0.4) is 0 Å². The summed E-state index contributed by atoms with van der Waals surface area (Å²) in [5.41, 5.74) is 1.83. The van der Waals surface area contributed by atoms with Crippen molar-refractivity contribution in [1.29, 1.82) is 0 Å². The summed E-state index contributed by atoms with van der Waals surface area (Å²) < 4.78 is 50.5. The lowest BCUT2D eigenvalue weighted by Gasteiger charge is -2.37. The number of anilines is 2. The Kier molecular flexibility index (Phi) is 10.8. The Labute approximate surface area is 311 Å². The molecule has 7 rings (SSSR count). The standard InChI is InChI=1S/C39H44F2N8O5/c1-4-36(27(2)37(50)52-3)49-38(51)48(26-44-49)32-8-6-30(7-9-32)45-15-17-46(18-16-45)31-10-12-33(13-11-31)53-21-28-20-39(54-22-28,23-47-25-42-24-43-47)34-14-5-29(40)19-35(34)41/h5-14,19,24-28,36H,4,15-18,20-23H2,1-3H3/t27-,28+,36-,39-/m0/s1. The summed E-state index contributed by atoms with van der Waals surface area (Å²) >= 11 is 0. The molecule has 0 unspecified atom stereocenters. The molecule has 5 aromatic rings. The molecule has 54 heavy (non-hydrogen) atoms. The average molecular weight is 743 g/mol. The molecule has 4 heterocycles. The van der Waals surface area contributed by atoms with Crippen LogP contribution >= 0.6 is 0 Å². The minimum Gasteiger partial charge on any atom is -0.493 e. The fourth-order valence-corrected chi connectivity index (χ4v) is 7.60. The number of carbonyl (C=O) groups is 1. The number of rotatable bonds is 13. The summed E-state index contributed by atoms with van der Waals surface area (Å²) in [4.78, 5) is 34.0. The van der Waals surface area contributed by atoms with Gasteiger partial charge in [-0.25, -0.2) is 32.5 Å². The van der Waals surface area contributed by atoms with Gasteiger partial charge in [-0.05, 0) is 74.4 Å². The number of benzene rings is 3. The first-order valence-electron chi connectivity index (χ1n) is 18.2. The van der Waals surface area contributed by atoms with Crippen LogP contribution in [0.4, 0.5) is 20.2 Å². The summed E-state index contributed by atoms with van der Waals surface area (Å²) in [7, 11) is 1.34. The maximum absolute atomic E-state index is 15.0. The molecule has 0 spiro atoms. The smallest absolute Gasteiger partial charge is 0.350 e. The lowest BCUT2D eigenvalue weighted by molar-refractivity contribution is -0.146. The van der Waals surface area contributed by atoms with E-state index in [2.05, 4.69) is 37.1 Å². The fraction of sp³-hybridized carbons (Fsp3) is 0.410. The summed E-state index contributed by atoms with van der Waals surface area (Å²) in [5.74, 6) is -1.47. The lowest BCUT2D eigenvalue weighted by Crippen LogP contribution is -2.46. The van der Waals surface area contributed by atoms with Crippen molar-refractivity contribution in [1.82, 2.24) is 29.1 Å². The van der Waals surface area contributed by atoms with Gasteiger partial charge in [-0.1, -0.05) is 13.0 Å². The molecular weight excluding hydrogens is 698 g/mol. The monoisotopic (exact) mass is 742 g/mol. The fourth-order valence-electron chi connectivity index (χ4n) is 7.60. The molecule has 2 fully saturated rings. The molecule has 2 aromatic heterocycles. The van der Waals surface area contributed by atoms with Crippen molar-refractivity contribution in [3.8, 4) is 11.4 Å². The molecule has 0 bridgehead atoms. The number of aromatic nitrogens is 6. The van der Waals surface area contributed by atoms with Crippen molar-refractivity contribution in [3.63, 3.8) is 0 Å². The van der Waals surface area contributed by atoms with Crippen molar-refractivity contribution < 1.29 is 27.8 Å². The molecule has 2 saturated heterocycles. The van der Waals surface area contributed by atoms with Crippen molar-refractivity contribution in [3.05, 3.63) is 113 Å². The summed E-state index contributed by atoms with van der Waals surface area (Å²) in [6.07, 6.45) is 5.49. The van der Waals surface area contributed by atoms with Gasteiger partial charge in [0.05, 0.1) is 44.5 Å². The number of methoxy groups -OCH3 is 1. The van der Waals surface area contributed by atoms with Crippen molar-refractivity contribution in [2.24, 2.45) is 11.8 Å². The molecule has 0 amide bonds. The van der Waals surface area contributed by atoms with Crippen LogP contribution in [0.2, 0.25) is 0 Å². The molecule has 2 aliphatic rings. The molecule has 3 aromatic carbocycles. The van der Waals surface area contributed by atoms with Gasteiger partial charge in [0.25, 0.3) is 0 Å². The summed E-state index contributed by atoms with van der Waals surface area (Å²) in [6, 6.07) is 19.1. The second-order valence-corrected chi connectivity index (χ2v) is 13.9. The third-order valence-electron chi connectivity index (χ3n) is 10.6. The molecule has 4 atom stereocenters. The Morgan fingerprint density at radius 1 is 0.944 bits per heavy atom. The molecule has 284 valence electrons. The SMILES string of the molecule is CC[C@@H]([C@H](C)C(=O)OC)n1ncn(-c2ccc(N3CCN(c4ccc(OC[C@@H]5CO[C@@](Cn6cncn6)(c6ccc(F)cc6F)C5)cc4)CC3)cc2)c1=O. The quantitative estimate of drug-likeness (QED) is 0.153. The lowest BCUT2D eigenvalue weighted by atomic mass is 9.87. The van der Waals surface area contributed by atoms with Crippen LogP contribution in [0.1, 0.15) is 38.3 Å². The molecular formula is C39H44F2N8O5. The first-order chi connectivity index (χ1) is 26.2. The summed E-state index contributed by atoms with van der Waals surface area (Å²) in [6.45, 7) is 7.95. The number of carbonyl (C=O) groups excluding carboxylic acids is 1. The van der Waals surface area contributed by atoms with Crippen molar-refractivity contribution in [2.45, 2.75) is 44.9 Å². The van der Waals surface area contributed by atoms with Gasteiger partial charge < -0.3 is 24.0 Å². The zero-order valence-electron chi connectivity index (χ0n) is 30.6. The minimum atomic E-state index is -1.03. The Bertz CT molecular complexity index is 2080. The van der Waals surface area contributed by atoms with Gasteiger partial charge in [0, 0.05) is 55.1 Å². The summed E-state index contributed by atoms with van der Waals surface area (Å²) in [5, 5.41) is 8.50. The largest absolute Gasteiger partial charge is 0.493 e. The maximum atomic E-state index is 15.0. The van der Waals surface area contributed by atoms with E-state index in [9.17, 15) is 18.4 Å². The molecule has 0 saturated carbocycles. The van der Waals surface area contributed by atoms with Gasteiger partial charge in [0.15, 0.2) is 0 Å². The van der Waals surface area contributed by atoms with E-state index in [1.807, 2.05) is 43.3 Å². The molecule has 0 N–H and O–H groups in total. The van der Waals surface area contributed by atoms with Crippen LogP contribution < -0.4 is 20.2 Å². The predicted octanol–water partition coefficient (Wildman–Crippen LogP) is 5.00. The van der Waals surface area contributed by atoms with Crippen molar-refractivity contribution in [2.75, 3.05) is 56.3 Å². The highest BCUT2D eigenvalue weighted by Gasteiger charge is 2.44. The topological polar surface area (TPSA) is 122 Å². The average Bonchev–Trinajstić information content (AvgIpc) is 3.96. The number of hydrogen-bond acceptors (Lipinski definition) is 10. The predicted molar refractivity (Wildman–Crippen MR) is 197 cm³/mol. The molecule has 15 heteroatoms. The van der Waals surface area contributed by atoms with Gasteiger partial charge in [-0.2, -0.15) is 10.2 Å². The van der Waals surface area contributed by atoms with Gasteiger partial charge in [0.2, 0.25) is 0 Å². The number of nitrogens with zero attached hydrogens (tertiary/aromatic N) is 8.